The van der Waals surface area contributed by atoms with E-state index in [1.54, 1.807) is 19.8 Å². The van der Waals surface area contributed by atoms with Gasteiger partial charge < -0.3 is 43.2 Å². The molecule has 0 radical (unpaired) electrons. The van der Waals surface area contributed by atoms with Crippen molar-refractivity contribution >= 4 is 5.97 Å². The highest BCUT2D eigenvalue weighted by Crippen LogP contribution is 2.63. The smallest absolute Gasteiger partial charge is 0.305 e. The van der Waals surface area contributed by atoms with E-state index in [-0.39, 0.29) is 25.2 Å². The minimum absolute atomic E-state index is 0.0203. The number of hydrogen-bond donors (Lipinski definition) is 1. The van der Waals surface area contributed by atoms with E-state index in [1.807, 2.05) is 0 Å². The van der Waals surface area contributed by atoms with Crippen LogP contribution in [0.25, 0.3) is 0 Å². The van der Waals surface area contributed by atoms with Crippen molar-refractivity contribution in [2.45, 2.75) is 83.2 Å². The van der Waals surface area contributed by atoms with Gasteiger partial charge in [-0.3, -0.25) is 4.79 Å². The van der Waals surface area contributed by atoms with E-state index in [0.717, 1.165) is 31.7 Å². The van der Waals surface area contributed by atoms with Gasteiger partial charge in [0.25, 0.3) is 0 Å². The molecule has 6 atom stereocenters. The maximum absolute atomic E-state index is 10.5. The maximum atomic E-state index is 10.5. The van der Waals surface area contributed by atoms with Crippen LogP contribution in [0, 0.1) is 23.2 Å². The molecule has 0 saturated heterocycles. The van der Waals surface area contributed by atoms with E-state index in [9.17, 15) is 4.79 Å². The van der Waals surface area contributed by atoms with Crippen LogP contribution in [0.1, 0.15) is 81.8 Å². The number of methoxy groups -OCH3 is 2. The Bertz CT molecular complexity index is 1060. The summed E-state index contributed by atoms with van der Waals surface area (Å²) in [4.78, 5) is 12.8. The fourth-order valence-electron chi connectivity index (χ4n) is 8.64. The zero-order valence-corrected chi connectivity index (χ0v) is 29.4. The van der Waals surface area contributed by atoms with E-state index in [4.69, 9.17) is 38.3 Å². The second kappa shape index (κ2) is 20.0. The molecule has 3 aliphatic carbocycles. The van der Waals surface area contributed by atoms with Gasteiger partial charge in [0.15, 0.2) is 6.79 Å². The lowest BCUT2D eigenvalue weighted by Crippen LogP contribution is -2.47. The zero-order valence-electron chi connectivity index (χ0n) is 29.4. The minimum atomic E-state index is -0.850. The highest BCUT2D eigenvalue weighted by molar-refractivity contribution is 5.66. The third-order valence-corrected chi connectivity index (χ3v) is 11.0. The fraction of sp³-hybridized carbons (Fsp3) is 0.811. The molecular weight excluding hydrogens is 602 g/mol. The van der Waals surface area contributed by atoms with Crippen molar-refractivity contribution in [1.29, 1.82) is 0 Å². The van der Waals surface area contributed by atoms with Crippen LogP contribution in [0.4, 0.5) is 0 Å². The SMILES string of the molecule is COCOc1ccc2c(c1)C[C@@H](CCCCCN(C)CCOCCOCCOCCC(=O)O)[C@@H]1[C@@H]2CC[C@]2(C)[C@@H](OCOC)CC[C@@H]12. The van der Waals surface area contributed by atoms with E-state index in [1.165, 1.54) is 50.5 Å². The molecule has 0 heterocycles. The average molecular weight is 664 g/mol. The molecule has 2 fully saturated rings. The third-order valence-electron chi connectivity index (χ3n) is 11.0. The van der Waals surface area contributed by atoms with Gasteiger partial charge in [0.2, 0.25) is 0 Å². The monoisotopic (exact) mass is 663 g/mol. The molecule has 3 aliphatic rings. The van der Waals surface area contributed by atoms with Crippen LogP contribution in [0.2, 0.25) is 0 Å². The molecule has 0 amide bonds. The second-order valence-electron chi connectivity index (χ2n) is 14.0. The van der Waals surface area contributed by atoms with Crippen molar-refractivity contribution in [3.8, 4) is 5.75 Å². The number of benzene rings is 1. The van der Waals surface area contributed by atoms with Gasteiger partial charge in [-0.15, -0.1) is 0 Å². The van der Waals surface area contributed by atoms with E-state index >= 15 is 0 Å². The summed E-state index contributed by atoms with van der Waals surface area (Å²) in [6.45, 7) is 7.98. The Morgan fingerprint density at radius 1 is 0.915 bits per heavy atom. The third kappa shape index (κ3) is 11.1. The van der Waals surface area contributed by atoms with Crippen molar-refractivity contribution in [1.82, 2.24) is 4.90 Å². The number of likely N-dealkylation sites (N-methyl/N-ethyl adjacent to an activating group) is 1. The quantitative estimate of drug-likeness (QED) is 0.109. The largest absolute Gasteiger partial charge is 0.481 e. The van der Waals surface area contributed by atoms with Gasteiger partial charge in [-0.2, -0.15) is 0 Å². The maximum Gasteiger partial charge on any atom is 0.305 e. The molecule has 47 heavy (non-hydrogen) atoms. The summed E-state index contributed by atoms with van der Waals surface area (Å²) < 4.78 is 39.0. The molecule has 0 unspecified atom stereocenters. The Hall–Kier alpha value is -1.79. The molecule has 0 bridgehead atoms. The summed E-state index contributed by atoms with van der Waals surface area (Å²) in [7, 11) is 5.57. The number of hydrogen-bond acceptors (Lipinski definition) is 9. The van der Waals surface area contributed by atoms with Crippen LogP contribution in [-0.2, 0) is 39.6 Å². The molecular formula is C37H61NO9. The molecule has 0 aromatic heterocycles. The van der Waals surface area contributed by atoms with Crippen LogP contribution < -0.4 is 4.74 Å². The lowest BCUT2D eigenvalue weighted by atomic mass is 9.52. The number of nitrogens with zero attached hydrogens (tertiary/aromatic N) is 1. The Morgan fingerprint density at radius 2 is 1.66 bits per heavy atom. The molecule has 2 saturated carbocycles. The lowest BCUT2D eigenvalue weighted by molar-refractivity contribution is -0.138. The molecule has 4 rings (SSSR count). The molecule has 1 aromatic rings. The summed E-state index contributed by atoms with van der Waals surface area (Å²) in [6.07, 6.45) is 11.3. The minimum Gasteiger partial charge on any atom is -0.481 e. The van der Waals surface area contributed by atoms with Crippen LogP contribution in [0.3, 0.4) is 0 Å². The molecule has 0 aliphatic heterocycles. The number of carbonyl (C=O) groups is 1. The van der Waals surface area contributed by atoms with Crippen molar-refractivity contribution in [2.75, 3.05) is 87.6 Å². The van der Waals surface area contributed by atoms with Gasteiger partial charge in [0.1, 0.15) is 12.5 Å². The Morgan fingerprint density at radius 3 is 2.40 bits per heavy atom. The number of fused-ring (bicyclic) bond motifs is 5. The average Bonchev–Trinajstić information content (AvgIpc) is 3.40. The van der Waals surface area contributed by atoms with Crippen LogP contribution in [0.5, 0.6) is 5.75 Å². The number of ether oxygens (including phenoxy) is 7. The van der Waals surface area contributed by atoms with Crippen molar-refractivity contribution < 1.29 is 43.1 Å². The summed E-state index contributed by atoms with van der Waals surface area (Å²) >= 11 is 0. The van der Waals surface area contributed by atoms with Gasteiger partial charge in [-0.1, -0.05) is 25.8 Å². The molecule has 1 N–H and O–H groups in total. The predicted molar refractivity (Wildman–Crippen MR) is 180 cm³/mol. The first-order chi connectivity index (χ1) is 22.9. The van der Waals surface area contributed by atoms with Gasteiger partial charge in [-0.25, -0.2) is 0 Å². The first-order valence-electron chi connectivity index (χ1n) is 17.9. The second-order valence-corrected chi connectivity index (χ2v) is 14.0. The number of carboxylic acids is 1. The topological polar surface area (TPSA) is 105 Å². The molecule has 10 heteroatoms. The normalized spacial score (nSPS) is 26.6. The van der Waals surface area contributed by atoms with E-state index in [0.29, 0.717) is 69.6 Å². The molecule has 10 nitrogen and oxygen atoms in total. The summed E-state index contributed by atoms with van der Waals surface area (Å²) in [6, 6.07) is 6.77. The lowest BCUT2D eigenvalue weighted by Gasteiger charge is -2.53. The Balaban J connectivity index is 1.20. The number of rotatable bonds is 24. The van der Waals surface area contributed by atoms with Crippen LogP contribution in [-0.4, -0.2) is 110 Å². The zero-order chi connectivity index (χ0) is 33.5. The van der Waals surface area contributed by atoms with Crippen molar-refractivity contribution in [2.24, 2.45) is 23.2 Å². The van der Waals surface area contributed by atoms with Gasteiger partial charge in [0.05, 0.1) is 52.2 Å². The number of unbranched alkanes of at least 4 members (excludes halogenated alkanes) is 2. The van der Waals surface area contributed by atoms with Gasteiger partial charge in [-0.05, 0) is 111 Å². The fourth-order valence-corrected chi connectivity index (χ4v) is 8.64. The summed E-state index contributed by atoms with van der Waals surface area (Å²) in [5.74, 6) is 2.76. The Labute approximate surface area is 282 Å². The van der Waals surface area contributed by atoms with Gasteiger partial charge in [0, 0.05) is 20.8 Å². The predicted octanol–water partition coefficient (Wildman–Crippen LogP) is 5.76. The summed E-state index contributed by atoms with van der Waals surface area (Å²) in [5, 5.41) is 8.60. The molecule has 1 aromatic carbocycles. The standard InChI is InChI=1S/C37H61NO9/c1-37-15-13-32-31-10-9-30(46-26-41-3)25-29(31)24-28(36(32)33(37)11-12-34(37)47-27-42-4)8-6-5-7-16-38(2)17-19-44-21-23-45-22-20-43-18-14-35(39)40/h9-10,25,28,32-34,36H,5-8,11-24,26-27H2,1-4H3,(H,39,40)/t28-,32-,33+,34+,36-,37+/m1/s1. The number of aliphatic carboxylic acids is 1. The van der Waals surface area contributed by atoms with Gasteiger partial charge >= 0.3 is 5.97 Å². The summed E-state index contributed by atoms with van der Waals surface area (Å²) in [5.41, 5.74) is 3.26. The van der Waals surface area contributed by atoms with E-state index < -0.39 is 5.97 Å². The van der Waals surface area contributed by atoms with Crippen molar-refractivity contribution in [3.05, 3.63) is 29.3 Å². The van der Waals surface area contributed by atoms with Crippen molar-refractivity contribution in [3.63, 3.8) is 0 Å². The first kappa shape index (κ1) is 38.0. The molecule has 0 spiro atoms. The highest BCUT2D eigenvalue weighted by Gasteiger charge is 2.57. The number of carboxylic acid groups (broad SMARTS) is 1. The highest BCUT2D eigenvalue weighted by atomic mass is 16.7. The van der Waals surface area contributed by atoms with Crippen LogP contribution >= 0.6 is 0 Å². The van der Waals surface area contributed by atoms with E-state index in [2.05, 4.69) is 37.1 Å². The van der Waals surface area contributed by atoms with Crippen LogP contribution in [0.15, 0.2) is 18.2 Å². The first-order valence-corrected chi connectivity index (χ1v) is 17.9. The molecule has 268 valence electrons. The Kier molecular flexibility index (Phi) is 16.2.